The fourth-order valence-corrected chi connectivity index (χ4v) is 2.92. The number of hydrogen-bond acceptors (Lipinski definition) is 5. The first-order valence-electron chi connectivity index (χ1n) is 6.26. The van der Waals surface area contributed by atoms with Crippen LogP contribution in [-0.4, -0.2) is 36.1 Å². The maximum Gasteiger partial charge on any atom is 0.291 e. The highest BCUT2D eigenvalue weighted by atomic mass is 79.9. The summed E-state index contributed by atoms with van der Waals surface area (Å²) in [7, 11) is 1.96. The van der Waals surface area contributed by atoms with Crippen LogP contribution in [0.25, 0.3) is 0 Å². The first-order chi connectivity index (χ1) is 9.04. The molecule has 1 atom stereocenters. The van der Waals surface area contributed by atoms with Gasteiger partial charge in [-0.1, -0.05) is 0 Å². The zero-order valence-corrected chi connectivity index (χ0v) is 12.6. The minimum Gasteiger partial charge on any atom is -0.354 e. The summed E-state index contributed by atoms with van der Waals surface area (Å²) in [6.07, 6.45) is 3.59. The van der Waals surface area contributed by atoms with Crippen LogP contribution in [0, 0.1) is 17.0 Å². The van der Waals surface area contributed by atoms with Crippen molar-refractivity contribution in [3.05, 3.63) is 26.3 Å². The Morgan fingerprint density at radius 2 is 2.37 bits per heavy atom. The fourth-order valence-electron chi connectivity index (χ4n) is 2.37. The number of likely N-dealkylation sites (N-methyl/N-ethyl adjacent to an activating group) is 1. The van der Waals surface area contributed by atoms with E-state index in [1.807, 2.05) is 7.05 Å². The summed E-state index contributed by atoms with van der Waals surface area (Å²) in [5, 5.41) is 14.2. The molecule has 0 aromatic carbocycles. The average Bonchev–Trinajstić information content (AvgIpc) is 2.41. The van der Waals surface area contributed by atoms with E-state index in [0.717, 1.165) is 36.2 Å². The lowest BCUT2D eigenvalue weighted by Crippen LogP contribution is -2.44. The second-order valence-electron chi connectivity index (χ2n) is 4.74. The standard InChI is InChI=1S/C12H17BrN4O2/c1-8-10(17(18)19)6-15-12(11(8)13)16-5-3-4-9(7-16)14-2/h6,9,14H,3-5,7H2,1-2H3. The number of aromatic nitrogens is 1. The van der Waals surface area contributed by atoms with Gasteiger partial charge in [0.1, 0.15) is 12.0 Å². The number of rotatable bonds is 3. The molecule has 0 spiro atoms. The van der Waals surface area contributed by atoms with Crippen molar-refractivity contribution in [2.75, 3.05) is 25.0 Å². The number of anilines is 1. The Morgan fingerprint density at radius 3 is 3.00 bits per heavy atom. The van der Waals surface area contributed by atoms with Gasteiger partial charge < -0.3 is 10.2 Å². The molecule has 0 bridgehead atoms. The highest BCUT2D eigenvalue weighted by Crippen LogP contribution is 2.33. The molecule has 1 N–H and O–H groups in total. The van der Waals surface area contributed by atoms with E-state index in [1.54, 1.807) is 6.92 Å². The Labute approximate surface area is 120 Å². The van der Waals surface area contributed by atoms with Crippen LogP contribution in [0.15, 0.2) is 10.7 Å². The van der Waals surface area contributed by atoms with E-state index in [4.69, 9.17) is 0 Å². The summed E-state index contributed by atoms with van der Waals surface area (Å²) < 4.78 is 0.721. The molecule has 104 valence electrons. The van der Waals surface area contributed by atoms with Crippen molar-refractivity contribution in [3.63, 3.8) is 0 Å². The molecule has 1 aromatic rings. The number of nitro groups is 1. The summed E-state index contributed by atoms with van der Waals surface area (Å²) >= 11 is 3.45. The van der Waals surface area contributed by atoms with E-state index < -0.39 is 4.92 Å². The molecule has 0 radical (unpaired) electrons. The van der Waals surface area contributed by atoms with Gasteiger partial charge in [-0.2, -0.15) is 0 Å². The van der Waals surface area contributed by atoms with Crippen molar-refractivity contribution in [2.45, 2.75) is 25.8 Å². The maximum absolute atomic E-state index is 10.9. The molecule has 1 saturated heterocycles. The molecule has 1 aromatic heterocycles. The lowest BCUT2D eigenvalue weighted by atomic mass is 10.1. The van der Waals surface area contributed by atoms with Crippen molar-refractivity contribution in [3.8, 4) is 0 Å². The summed E-state index contributed by atoms with van der Waals surface area (Å²) in [5.74, 6) is 0.794. The van der Waals surface area contributed by atoms with E-state index in [9.17, 15) is 10.1 Å². The third-order valence-corrected chi connectivity index (χ3v) is 4.49. The van der Waals surface area contributed by atoms with Gasteiger partial charge in [0.15, 0.2) is 0 Å². The van der Waals surface area contributed by atoms with Crippen molar-refractivity contribution >= 4 is 27.4 Å². The molecule has 1 fully saturated rings. The predicted octanol–water partition coefficient (Wildman–Crippen LogP) is 2.25. The van der Waals surface area contributed by atoms with Crippen LogP contribution in [0.2, 0.25) is 0 Å². The lowest BCUT2D eigenvalue weighted by molar-refractivity contribution is -0.385. The van der Waals surface area contributed by atoms with Gasteiger partial charge >= 0.3 is 0 Å². The molecule has 7 heteroatoms. The van der Waals surface area contributed by atoms with Gasteiger partial charge in [0.2, 0.25) is 0 Å². The third-order valence-electron chi connectivity index (χ3n) is 3.54. The summed E-state index contributed by atoms with van der Waals surface area (Å²) in [4.78, 5) is 16.9. The molecule has 2 heterocycles. The number of piperidine rings is 1. The minimum atomic E-state index is -0.399. The number of nitrogens with zero attached hydrogens (tertiary/aromatic N) is 3. The van der Waals surface area contributed by atoms with Crippen LogP contribution < -0.4 is 10.2 Å². The first-order valence-corrected chi connectivity index (χ1v) is 7.05. The normalized spacial score (nSPS) is 19.5. The van der Waals surface area contributed by atoms with Crippen LogP contribution >= 0.6 is 15.9 Å². The van der Waals surface area contributed by atoms with E-state index in [-0.39, 0.29) is 5.69 Å². The molecule has 0 amide bonds. The Balaban J connectivity index is 2.30. The smallest absolute Gasteiger partial charge is 0.291 e. The van der Waals surface area contributed by atoms with E-state index in [0.29, 0.717) is 11.6 Å². The van der Waals surface area contributed by atoms with E-state index >= 15 is 0 Å². The van der Waals surface area contributed by atoms with Gasteiger partial charge in [-0.3, -0.25) is 10.1 Å². The van der Waals surface area contributed by atoms with Gasteiger partial charge in [-0.15, -0.1) is 0 Å². The molecular weight excluding hydrogens is 312 g/mol. The monoisotopic (exact) mass is 328 g/mol. The van der Waals surface area contributed by atoms with Crippen molar-refractivity contribution in [1.82, 2.24) is 10.3 Å². The van der Waals surface area contributed by atoms with Crippen molar-refractivity contribution in [1.29, 1.82) is 0 Å². The second-order valence-corrected chi connectivity index (χ2v) is 5.53. The molecule has 19 heavy (non-hydrogen) atoms. The van der Waals surface area contributed by atoms with Gasteiger partial charge in [-0.25, -0.2) is 4.98 Å². The van der Waals surface area contributed by atoms with Gasteiger partial charge in [-0.05, 0) is 42.7 Å². The summed E-state index contributed by atoms with van der Waals surface area (Å²) in [6.45, 7) is 3.55. The number of pyridine rings is 1. The largest absolute Gasteiger partial charge is 0.354 e. The summed E-state index contributed by atoms with van der Waals surface area (Å²) in [5.41, 5.74) is 0.680. The molecule has 1 unspecified atom stereocenters. The lowest BCUT2D eigenvalue weighted by Gasteiger charge is -2.34. The first kappa shape index (κ1) is 14.2. The van der Waals surface area contributed by atoms with Gasteiger partial charge in [0.25, 0.3) is 5.69 Å². The topological polar surface area (TPSA) is 71.3 Å². The Hall–Kier alpha value is -1.21. The highest BCUT2D eigenvalue weighted by Gasteiger charge is 2.24. The van der Waals surface area contributed by atoms with Crippen molar-refractivity contribution < 1.29 is 4.92 Å². The fraction of sp³-hybridized carbons (Fsp3) is 0.583. The average molecular weight is 329 g/mol. The van der Waals surface area contributed by atoms with Crippen molar-refractivity contribution in [2.24, 2.45) is 0 Å². The maximum atomic E-state index is 10.9. The third kappa shape index (κ3) is 2.87. The zero-order chi connectivity index (χ0) is 14.0. The van der Waals surface area contributed by atoms with Crippen LogP contribution in [0.1, 0.15) is 18.4 Å². The molecule has 1 aliphatic rings. The van der Waals surface area contributed by atoms with Gasteiger partial charge in [0.05, 0.1) is 9.40 Å². The number of nitrogens with one attached hydrogen (secondary N) is 1. The molecule has 0 aliphatic carbocycles. The highest BCUT2D eigenvalue weighted by molar-refractivity contribution is 9.10. The minimum absolute atomic E-state index is 0.0535. The Morgan fingerprint density at radius 1 is 1.63 bits per heavy atom. The summed E-state index contributed by atoms with van der Waals surface area (Å²) in [6, 6.07) is 0.443. The van der Waals surface area contributed by atoms with E-state index in [1.165, 1.54) is 6.20 Å². The quantitative estimate of drug-likeness (QED) is 0.680. The van der Waals surface area contributed by atoms with Crippen LogP contribution in [-0.2, 0) is 0 Å². The Bertz CT molecular complexity index is 495. The molecule has 6 nitrogen and oxygen atoms in total. The second kappa shape index (κ2) is 5.83. The van der Waals surface area contributed by atoms with Crippen LogP contribution in [0.4, 0.5) is 11.5 Å². The molecular formula is C12H17BrN4O2. The molecule has 1 aliphatic heterocycles. The van der Waals surface area contributed by atoms with Crippen LogP contribution in [0.5, 0.6) is 0 Å². The molecule has 2 rings (SSSR count). The number of halogens is 1. The molecule has 0 saturated carbocycles. The van der Waals surface area contributed by atoms with Crippen LogP contribution in [0.3, 0.4) is 0 Å². The SMILES string of the molecule is CNC1CCCN(c2ncc([N+](=O)[O-])c(C)c2Br)C1. The van der Waals surface area contributed by atoms with Gasteiger partial charge in [0, 0.05) is 24.7 Å². The predicted molar refractivity (Wildman–Crippen MR) is 77.6 cm³/mol. The van der Waals surface area contributed by atoms with E-state index in [2.05, 4.69) is 31.1 Å². The number of hydrogen-bond donors (Lipinski definition) is 1. The zero-order valence-electron chi connectivity index (χ0n) is 11.0. The Kier molecular flexibility index (Phi) is 4.36.